The molecule has 0 bridgehead atoms. The molecule has 2 atom stereocenters. The van der Waals surface area contributed by atoms with Crippen molar-refractivity contribution < 1.29 is 14.7 Å². The van der Waals surface area contributed by atoms with E-state index in [9.17, 15) is 9.59 Å². The Bertz CT molecular complexity index is 433. The second kappa shape index (κ2) is 7.52. The summed E-state index contributed by atoms with van der Waals surface area (Å²) in [6.07, 6.45) is 3.96. The van der Waals surface area contributed by atoms with E-state index in [0.717, 1.165) is 0 Å². The summed E-state index contributed by atoms with van der Waals surface area (Å²) in [7, 11) is 0. The number of amides is 2. The molecular weight excluding hydrogens is 260 g/mol. The second-order valence-electron chi connectivity index (χ2n) is 4.62. The van der Waals surface area contributed by atoms with E-state index in [0.29, 0.717) is 18.8 Å². The van der Waals surface area contributed by atoms with E-state index in [2.05, 4.69) is 15.3 Å². The number of carboxylic acids is 1. The maximum absolute atomic E-state index is 12.2. The molecule has 1 rings (SSSR count). The molecule has 0 aliphatic rings. The SMILES string of the molecule is CCC(NC(=O)N(CC)C(C)CC(=O)O)c1ncc[nH]1. The summed E-state index contributed by atoms with van der Waals surface area (Å²) in [5.41, 5.74) is 0. The first-order chi connectivity index (χ1) is 9.49. The first-order valence-electron chi connectivity index (χ1n) is 6.77. The van der Waals surface area contributed by atoms with Crippen molar-refractivity contribution in [2.75, 3.05) is 6.54 Å². The highest BCUT2D eigenvalue weighted by molar-refractivity contribution is 5.76. The Morgan fingerprint density at radius 2 is 2.20 bits per heavy atom. The Balaban J connectivity index is 2.68. The highest BCUT2D eigenvalue weighted by Crippen LogP contribution is 2.13. The summed E-state index contributed by atoms with van der Waals surface area (Å²) >= 11 is 0. The predicted molar refractivity (Wildman–Crippen MR) is 74.2 cm³/mol. The fourth-order valence-electron chi connectivity index (χ4n) is 2.08. The van der Waals surface area contributed by atoms with Gasteiger partial charge in [0.25, 0.3) is 0 Å². The molecular formula is C13H22N4O3. The molecule has 7 nitrogen and oxygen atoms in total. The number of carbonyl (C=O) groups excluding carboxylic acids is 1. The highest BCUT2D eigenvalue weighted by atomic mass is 16.4. The number of aliphatic carboxylic acids is 1. The number of aromatic nitrogens is 2. The van der Waals surface area contributed by atoms with Crippen molar-refractivity contribution >= 4 is 12.0 Å². The van der Waals surface area contributed by atoms with Gasteiger partial charge in [0.05, 0.1) is 12.5 Å². The van der Waals surface area contributed by atoms with Gasteiger partial charge in [-0.05, 0) is 20.3 Å². The third-order valence-corrected chi connectivity index (χ3v) is 3.16. The molecule has 0 aromatic carbocycles. The zero-order valence-electron chi connectivity index (χ0n) is 12.1. The van der Waals surface area contributed by atoms with Crippen LogP contribution < -0.4 is 5.32 Å². The van der Waals surface area contributed by atoms with Gasteiger partial charge >= 0.3 is 12.0 Å². The van der Waals surface area contributed by atoms with Gasteiger partial charge in [0.1, 0.15) is 5.82 Å². The standard InChI is InChI=1S/C13H22N4O3/c1-4-10(12-14-6-7-15-12)16-13(20)17(5-2)9(3)8-11(18)19/h6-7,9-10H,4-5,8H2,1-3H3,(H,14,15)(H,16,20)(H,18,19). The van der Waals surface area contributed by atoms with Gasteiger partial charge in [-0.2, -0.15) is 0 Å². The lowest BCUT2D eigenvalue weighted by molar-refractivity contribution is -0.138. The largest absolute Gasteiger partial charge is 0.481 e. The molecule has 1 aromatic heterocycles. The lowest BCUT2D eigenvalue weighted by atomic mass is 10.2. The van der Waals surface area contributed by atoms with Crippen molar-refractivity contribution in [2.45, 2.75) is 45.7 Å². The Hall–Kier alpha value is -2.05. The minimum Gasteiger partial charge on any atom is -0.481 e. The maximum Gasteiger partial charge on any atom is 0.318 e. The number of nitrogens with zero attached hydrogens (tertiary/aromatic N) is 2. The number of hydrogen-bond donors (Lipinski definition) is 3. The molecule has 0 radical (unpaired) electrons. The average molecular weight is 282 g/mol. The van der Waals surface area contributed by atoms with Crippen LogP contribution in [0.4, 0.5) is 4.79 Å². The normalized spacial score (nSPS) is 13.6. The summed E-state index contributed by atoms with van der Waals surface area (Å²) in [6, 6.07) is -0.834. The van der Waals surface area contributed by atoms with Crippen molar-refractivity contribution in [2.24, 2.45) is 0 Å². The van der Waals surface area contributed by atoms with Crippen LogP contribution in [-0.2, 0) is 4.79 Å². The number of carbonyl (C=O) groups is 2. The monoisotopic (exact) mass is 282 g/mol. The maximum atomic E-state index is 12.2. The number of aromatic amines is 1. The predicted octanol–water partition coefficient (Wildman–Crippen LogP) is 1.76. The molecule has 0 saturated carbocycles. The van der Waals surface area contributed by atoms with Gasteiger partial charge in [0.2, 0.25) is 0 Å². The van der Waals surface area contributed by atoms with E-state index >= 15 is 0 Å². The van der Waals surface area contributed by atoms with Crippen LogP contribution in [0, 0.1) is 0 Å². The van der Waals surface area contributed by atoms with Gasteiger partial charge in [-0.25, -0.2) is 9.78 Å². The van der Waals surface area contributed by atoms with Gasteiger partial charge in [-0.3, -0.25) is 4.79 Å². The van der Waals surface area contributed by atoms with Crippen molar-refractivity contribution in [3.05, 3.63) is 18.2 Å². The molecule has 0 spiro atoms. The summed E-state index contributed by atoms with van der Waals surface area (Å²) in [6.45, 7) is 5.95. The van der Waals surface area contributed by atoms with Crippen molar-refractivity contribution in [3.8, 4) is 0 Å². The third-order valence-electron chi connectivity index (χ3n) is 3.16. The molecule has 20 heavy (non-hydrogen) atoms. The zero-order valence-corrected chi connectivity index (χ0v) is 12.1. The van der Waals surface area contributed by atoms with E-state index in [-0.39, 0.29) is 24.5 Å². The van der Waals surface area contributed by atoms with Crippen LogP contribution in [0.3, 0.4) is 0 Å². The summed E-state index contributed by atoms with van der Waals surface area (Å²) < 4.78 is 0. The highest BCUT2D eigenvalue weighted by Gasteiger charge is 2.23. The minimum atomic E-state index is -0.915. The zero-order chi connectivity index (χ0) is 15.1. The lowest BCUT2D eigenvalue weighted by Crippen LogP contribution is -2.46. The number of rotatable bonds is 7. The van der Waals surface area contributed by atoms with Gasteiger partial charge in [-0.1, -0.05) is 6.92 Å². The molecule has 2 amide bonds. The second-order valence-corrected chi connectivity index (χ2v) is 4.62. The number of urea groups is 1. The van der Waals surface area contributed by atoms with Crippen LogP contribution in [-0.4, -0.2) is 44.6 Å². The Labute approximate surface area is 118 Å². The van der Waals surface area contributed by atoms with Crippen LogP contribution in [0.2, 0.25) is 0 Å². The number of nitrogens with one attached hydrogen (secondary N) is 2. The Morgan fingerprint density at radius 3 is 2.65 bits per heavy atom. The molecule has 0 saturated heterocycles. The molecule has 1 heterocycles. The van der Waals surface area contributed by atoms with Crippen molar-refractivity contribution in [3.63, 3.8) is 0 Å². The van der Waals surface area contributed by atoms with Crippen LogP contribution in [0.5, 0.6) is 0 Å². The smallest absolute Gasteiger partial charge is 0.318 e. The topological polar surface area (TPSA) is 98.3 Å². The molecule has 1 aromatic rings. The average Bonchev–Trinajstić information content (AvgIpc) is 2.89. The Morgan fingerprint density at radius 1 is 1.50 bits per heavy atom. The fraction of sp³-hybridized carbons (Fsp3) is 0.615. The van der Waals surface area contributed by atoms with Gasteiger partial charge in [0.15, 0.2) is 0 Å². The Kier molecular flexibility index (Phi) is 6.02. The minimum absolute atomic E-state index is 0.0706. The fourth-order valence-corrected chi connectivity index (χ4v) is 2.08. The number of H-pyrrole nitrogens is 1. The number of hydrogen-bond acceptors (Lipinski definition) is 3. The van der Waals surface area contributed by atoms with Crippen LogP contribution in [0.25, 0.3) is 0 Å². The molecule has 0 aliphatic carbocycles. The van der Waals surface area contributed by atoms with Gasteiger partial charge in [0, 0.05) is 25.0 Å². The number of imidazole rings is 1. The van der Waals surface area contributed by atoms with Crippen LogP contribution >= 0.6 is 0 Å². The summed E-state index contributed by atoms with van der Waals surface area (Å²) in [5, 5.41) is 11.7. The first-order valence-corrected chi connectivity index (χ1v) is 6.77. The van der Waals surface area contributed by atoms with Crippen molar-refractivity contribution in [1.29, 1.82) is 0 Å². The molecule has 2 unspecified atom stereocenters. The van der Waals surface area contributed by atoms with Gasteiger partial charge in [-0.15, -0.1) is 0 Å². The molecule has 0 aliphatic heterocycles. The lowest BCUT2D eigenvalue weighted by Gasteiger charge is -2.29. The first kappa shape index (κ1) is 16.0. The third kappa shape index (κ3) is 4.25. The van der Waals surface area contributed by atoms with Crippen LogP contribution in [0.1, 0.15) is 45.5 Å². The van der Waals surface area contributed by atoms with Crippen LogP contribution in [0.15, 0.2) is 12.4 Å². The van der Waals surface area contributed by atoms with E-state index in [1.807, 2.05) is 13.8 Å². The molecule has 112 valence electrons. The molecule has 0 fully saturated rings. The van der Waals surface area contributed by atoms with Gasteiger partial charge < -0.3 is 20.3 Å². The number of carboxylic acid groups (broad SMARTS) is 1. The summed E-state index contributed by atoms with van der Waals surface area (Å²) in [5.74, 6) is -0.218. The van der Waals surface area contributed by atoms with E-state index in [1.54, 1.807) is 19.3 Å². The molecule has 7 heteroatoms. The van der Waals surface area contributed by atoms with E-state index in [4.69, 9.17) is 5.11 Å². The summed E-state index contributed by atoms with van der Waals surface area (Å²) in [4.78, 5) is 31.6. The van der Waals surface area contributed by atoms with E-state index in [1.165, 1.54) is 4.90 Å². The van der Waals surface area contributed by atoms with E-state index < -0.39 is 5.97 Å². The quantitative estimate of drug-likeness (QED) is 0.709. The van der Waals surface area contributed by atoms with Crippen molar-refractivity contribution in [1.82, 2.24) is 20.2 Å². The molecule has 3 N–H and O–H groups in total.